The normalized spacial score (nSPS) is 34.9. The minimum atomic E-state index is -0.635. The second-order valence-corrected chi connectivity index (χ2v) is 6.15. The molecule has 3 rings (SSSR count). The summed E-state index contributed by atoms with van der Waals surface area (Å²) >= 11 is 0. The largest absolute Gasteiger partial charge is 0.481 e. The third-order valence-corrected chi connectivity index (χ3v) is 4.81. The highest BCUT2D eigenvalue weighted by molar-refractivity contribution is 5.67. The zero-order chi connectivity index (χ0) is 12.5. The van der Waals surface area contributed by atoms with E-state index in [2.05, 4.69) is 9.80 Å². The van der Waals surface area contributed by atoms with Crippen LogP contribution in [0.4, 0.5) is 0 Å². The van der Waals surface area contributed by atoms with Crippen molar-refractivity contribution in [1.29, 1.82) is 0 Å². The molecule has 4 nitrogen and oxygen atoms in total. The van der Waals surface area contributed by atoms with Crippen molar-refractivity contribution in [2.45, 2.75) is 63.1 Å². The monoisotopic (exact) mass is 252 g/mol. The van der Waals surface area contributed by atoms with E-state index in [9.17, 15) is 4.79 Å². The molecule has 0 amide bonds. The molecule has 0 aromatic heterocycles. The molecule has 0 aromatic rings. The van der Waals surface area contributed by atoms with Gasteiger partial charge in [0.1, 0.15) is 0 Å². The molecule has 3 aliphatic rings. The van der Waals surface area contributed by atoms with Crippen molar-refractivity contribution in [3.63, 3.8) is 0 Å². The number of hydrogen-bond acceptors (Lipinski definition) is 3. The molecule has 0 spiro atoms. The summed E-state index contributed by atoms with van der Waals surface area (Å²) in [4.78, 5) is 16.1. The average molecular weight is 252 g/mol. The molecule has 2 heterocycles. The molecule has 1 N–H and O–H groups in total. The Bertz CT molecular complexity index is 317. The Morgan fingerprint density at radius 3 is 2.61 bits per heavy atom. The highest BCUT2D eigenvalue weighted by Crippen LogP contribution is 2.33. The summed E-state index contributed by atoms with van der Waals surface area (Å²) < 4.78 is 0. The Hall–Kier alpha value is -0.610. The van der Waals surface area contributed by atoms with E-state index in [-0.39, 0.29) is 0 Å². The molecule has 4 heteroatoms. The quantitative estimate of drug-likeness (QED) is 0.824. The molecule has 2 unspecified atom stereocenters. The predicted molar refractivity (Wildman–Crippen MR) is 69.6 cm³/mol. The molecule has 0 aromatic carbocycles. The molecule has 1 aliphatic carbocycles. The van der Waals surface area contributed by atoms with Crippen LogP contribution in [0.3, 0.4) is 0 Å². The Morgan fingerprint density at radius 2 is 1.89 bits per heavy atom. The van der Waals surface area contributed by atoms with Gasteiger partial charge in [-0.1, -0.05) is 6.42 Å². The first-order valence-corrected chi connectivity index (χ1v) is 7.45. The zero-order valence-electron chi connectivity index (χ0n) is 11.1. The number of nitrogens with zero attached hydrogens (tertiary/aromatic N) is 2. The van der Waals surface area contributed by atoms with Gasteiger partial charge >= 0.3 is 5.97 Å². The lowest BCUT2D eigenvalue weighted by molar-refractivity contribution is -0.139. The molecule has 2 saturated heterocycles. The van der Waals surface area contributed by atoms with Gasteiger partial charge in [-0.15, -0.1) is 0 Å². The first kappa shape index (κ1) is 12.4. The van der Waals surface area contributed by atoms with Crippen molar-refractivity contribution in [2.75, 3.05) is 19.6 Å². The van der Waals surface area contributed by atoms with Crippen LogP contribution in [-0.4, -0.2) is 58.6 Å². The van der Waals surface area contributed by atoms with Crippen molar-refractivity contribution < 1.29 is 9.90 Å². The number of hydrogen-bond donors (Lipinski definition) is 1. The molecule has 0 radical (unpaired) electrons. The van der Waals surface area contributed by atoms with Crippen LogP contribution < -0.4 is 0 Å². The third-order valence-electron chi connectivity index (χ3n) is 4.81. The number of carboxylic acids is 1. The Morgan fingerprint density at radius 1 is 1.06 bits per heavy atom. The molecule has 2 atom stereocenters. The van der Waals surface area contributed by atoms with Gasteiger partial charge in [-0.25, -0.2) is 0 Å². The van der Waals surface area contributed by atoms with Gasteiger partial charge in [-0.05, 0) is 38.6 Å². The summed E-state index contributed by atoms with van der Waals surface area (Å²) in [6.07, 6.45) is 7.86. The van der Waals surface area contributed by atoms with E-state index in [0.717, 1.165) is 19.0 Å². The summed E-state index contributed by atoms with van der Waals surface area (Å²) in [5.41, 5.74) is 0. The van der Waals surface area contributed by atoms with Gasteiger partial charge in [-0.2, -0.15) is 0 Å². The molecule has 18 heavy (non-hydrogen) atoms. The van der Waals surface area contributed by atoms with Crippen LogP contribution in [0.2, 0.25) is 0 Å². The van der Waals surface area contributed by atoms with Gasteiger partial charge in [0.2, 0.25) is 0 Å². The third kappa shape index (κ3) is 2.69. The average Bonchev–Trinajstić information content (AvgIpc) is 3.08. The highest BCUT2D eigenvalue weighted by Gasteiger charge is 2.39. The maximum absolute atomic E-state index is 11.0. The molecule has 3 fully saturated rings. The number of carboxylic acid groups (broad SMARTS) is 1. The van der Waals surface area contributed by atoms with Gasteiger partial charge in [-0.3, -0.25) is 14.6 Å². The number of rotatable bonds is 4. The Labute approximate surface area is 109 Å². The summed E-state index contributed by atoms with van der Waals surface area (Å²) in [7, 11) is 0. The fourth-order valence-electron chi connectivity index (χ4n) is 3.73. The van der Waals surface area contributed by atoms with E-state index >= 15 is 0 Å². The van der Waals surface area contributed by atoms with Crippen molar-refractivity contribution in [1.82, 2.24) is 9.80 Å². The number of carbonyl (C=O) groups is 1. The van der Waals surface area contributed by atoms with Crippen LogP contribution in [-0.2, 0) is 4.79 Å². The lowest BCUT2D eigenvalue weighted by atomic mass is 9.97. The molecule has 2 aliphatic heterocycles. The topological polar surface area (TPSA) is 43.8 Å². The van der Waals surface area contributed by atoms with E-state index in [0.29, 0.717) is 18.5 Å². The van der Waals surface area contributed by atoms with Crippen molar-refractivity contribution in [2.24, 2.45) is 0 Å². The second kappa shape index (κ2) is 5.17. The summed E-state index contributed by atoms with van der Waals surface area (Å²) in [5.74, 6) is -0.635. The first-order chi connectivity index (χ1) is 8.74. The number of likely N-dealkylation sites (tertiary alicyclic amines) is 2. The van der Waals surface area contributed by atoms with E-state index in [1.807, 2.05) is 0 Å². The van der Waals surface area contributed by atoms with Crippen molar-refractivity contribution in [3.8, 4) is 0 Å². The fraction of sp³-hybridized carbons (Fsp3) is 0.929. The second-order valence-electron chi connectivity index (χ2n) is 6.15. The van der Waals surface area contributed by atoms with E-state index in [1.165, 1.54) is 45.2 Å². The SMILES string of the molecule is O=C(O)CC1CCCCN1C1CCN(C2CC2)C1. The first-order valence-electron chi connectivity index (χ1n) is 7.45. The summed E-state index contributed by atoms with van der Waals surface area (Å²) in [6.45, 7) is 3.52. The smallest absolute Gasteiger partial charge is 0.304 e. The van der Waals surface area contributed by atoms with Crippen molar-refractivity contribution in [3.05, 3.63) is 0 Å². The van der Waals surface area contributed by atoms with Crippen LogP contribution in [0.5, 0.6) is 0 Å². The predicted octanol–water partition coefficient (Wildman–Crippen LogP) is 1.55. The maximum Gasteiger partial charge on any atom is 0.304 e. The summed E-state index contributed by atoms with van der Waals surface area (Å²) in [6, 6.07) is 1.77. The maximum atomic E-state index is 11.0. The van der Waals surface area contributed by atoms with Crippen molar-refractivity contribution >= 4 is 5.97 Å². The van der Waals surface area contributed by atoms with E-state index < -0.39 is 5.97 Å². The minimum absolute atomic E-state index is 0.292. The van der Waals surface area contributed by atoms with Crippen LogP contribution in [0.1, 0.15) is 44.9 Å². The van der Waals surface area contributed by atoms with Gasteiger partial charge < -0.3 is 5.11 Å². The molecular formula is C14H24N2O2. The van der Waals surface area contributed by atoms with Gasteiger partial charge in [0.25, 0.3) is 0 Å². The number of piperidine rings is 1. The lowest BCUT2D eigenvalue weighted by Gasteiger charge is -2.39. The summed E-state index contributed by atoms with van der Waals surface area (Å²) in [5, 5.41) is 9.04. The molecule has 1 saturated carbocycles. The van der Waals surface area contributed by atoms with Crippen LogP contribution in [0.25, 0.3) is 0 Å². The van der Waals surface area contributed by atoms with Crippen LogP contribution in [0.15, 0.2) is 0 Å². The van der Waals surface area contributed by atoms with Crippen LogP contribution >= 0.6 is 0 Å². The molecule has 0 bridgehead atoms. The Kier molecular flexibility index (Phi) is 3.57. The fourth-order valence-corrected chi connectivity index (χ4v) is 3.73. The van der Waals surface area contributed by atoms with Gasteiger partial charge in [0.05, 0.1) is 6.42 Å². The van der Waals surface area contributed by atoms with Crippen LogP contribution in [0, 0.1) is 0 Å². The van der Waals surface area contributed by atoms with E-state index in [4.69, 9.17) is 5.11 Å². The zero-order valence-corrected chi connectivity index (χ0v) is 11.1. The lowest BCUT2D eigenvalue weighted by Crippen LogP contribution is -2.48. The Balaban J connectivity index is 1.59. The number of aliphatic carboxylic acids is 1. The molecular weight excluding hydrogens is 228 g/mol. The molecule has 102 valence electrons. The van der Waals surface area contributed by atoms with E-state index in [1.54, 1.807) is 0 Å². The standard InChI is InChI=1S/C14H24N2O2/c17-14(18)9-12-3-1-2-7-16(12)13-6-8-15(10-13)11-4-5-11/h11-13H,1-10H2,(H,17,18). The van der Waals surface area contributed by atoms with Gasteiger partial charge in [0.15, 0.2) is 0 Å². The minimum Gasteiger partial charge on any atom is -0.481 e. The van der Waals surface area contributed by atoms with Gasteiger partial charge in [0, 0.05) is 31.2 Å². The highest BCUT2D eigenvalue weighted by atomic mass is 16.4.